The van der Waals surface area contributed by atoms with Crippen LogP contribution in [-0.4, -0.2) is 22.0 Å². The quantitative estimate of drug-likeness (QED) is 0.762. The van der Waals surface area contributed by atoms with Gasteiger partial charge in [-0.3, -0.25) is 4.79 Å². The highest BCUT2D eigenvalue weighted by atomic mass is 32.1. The summed E-state index contributed by atoms with van der Waals surface area (Å²) in [6.45, 7) is 2.56. The minimum Gasteiger partial charge on any atom is -0.351 e. The van der Waals surface area contributed by atoms with Crippen molar-refractivity contribution in [3.63, 3.8) is 0 Å². The SMILES string of the molecule is CCCc1nnsc1C(=O)NCCCC#N. The summed E-state index contributed by atoms with van der Waals surface area (Å²) in [5, 5.41) is 15.0. The summed E-state index contributed by atoms with van der Waals surface area (Å²) in [7, 11) is 0. The van der Waals surface area contributed by atoms with Crippen LogP contribution in [0.4, 0.5) is 0 Å². The van der Waals surface area contributed by atoms with Gasteiger partial charge in [-0.25, -0.2) is 0 Å². The van der Waals surface area contributed by atoms with E-state index in [1.54, 1.807) is 0 Å². The van der Waals surface area contributed by atoms with E-state index in [9.17, 15) is 4.79 Å². The number of hydrogen-bond donors (Lipinski definition) is 1. The fourth-order valence-electron chi connectivity index (χ4n) is 1.23. The first kappa shape index (κ1) is 12.6. The van der Waals surface area contributed by atoms with E-state index >= 15 is 0 Å². The molecule has 5 nitrogen and oxygen atoms in total. The van der Waals surface area contributed by atoms with Crippen LogP contribution in [0.2, 0.25) is 0 Å². The molecule has 0 aromatic carbocycles. The molecule has 0 spiro atoms. The molecule has 1 aromatic heterocycles. The lowest BCUT2D eigenvalue weighted by Gasteiger charge is -2.02. The molecule has 0 unspecified atom stereocenters. The summed E-state index contributed by atoms with van der Waals surface area (Å²) in [6.07, 6.45) is 2.86. The van der Waals surface area contributed by atoms with Crippen LogP contribution in [0.5, 0.6) is 0 Å². The second kappa shape index (κ2) is 6.90. The van der Waals surface area contributed by atoms with E-state index in [-0.39, 0.29) is 5.91 Å². The number of rotatable bonds is 6. The van der Waals surface area contributed by atoms with Crippen molar-refractivity contribution in [2.45, 2.75) is 32.6 Å². The highest BCUT2D eigenvalue weighted by molar-refractivity contribution is 7.08. The van der Waals surface area contributed by atoms with Gasteiger partial charge in [-0.15, -0.1) is 5.10 Å². The number of aromatic nitrogens is 2. The van der Waals surface area contributed by atoms with E-state index in [0.29, 0.717) is 24.3 Å². The van der Waals surface area contributed by atoms with Crippen LogP contribution in [0.25, 0.3) is 0 Å². The predicted molar refractivity (Wildman–Crippen MR) is 61.1 cm³/mol. The second-order valence-corrected chi connectivity index (χ2v) is 4.07. The van der Waals surface area contributed by atoms with Gasteiger partial charge < -0.3 is 5.32 Å². The molecular weight excluding hydrogens is 224 g/mol. The van der Waals surface area contributed by atoms with Crippen molar-refractivity contribution in [2.24, 2.45) is 0 Å². The third-order valence-electron chi connectivity index (χ3n) is 2.00. The van der Waals surface area contributed by atoms with Crippen LogP contribution in [0, 0.1) is 11.3 Å². The van der Waals surface area contributed by atoms with E-state index in [1.807, 2.05) is 13.0 Å². The maximum absolute atomic E-state index is 11.7. The lowest BCUT2D eigenvalue weighted by molar-refractivity contribution is 0.0956. The second-order valence-electron chi connectivity index (χ2n) is 3.32. The molecule has 6 heteroatoms. The summed E-state index contributed by atoms with van der Waals surface area (Å²) in [5.74, 6) is -0.128. The number of nitriles is 1. The molecule has 16 heavy (non-hydrogen) atoms. The van der Waals surface area contributed by atoms with Crippen molar-refractivity contribution in [1.82, 2.24) is 14.9 Å². The molecule has 1 amide bonds. The standard InChI is InChI=1S/C10H14N4OS/c1-2-5-8-9(16-14-13-8)10(15)12-7-4-3-6-11/h2-5,7H2,1H3,(H,12,15). The predicted octanol–water partition coefficient (Wildman–Crippen LogP) is 1.52. The van der Waals surface area contributed by atoms with E-state index < -0.39 is 0 Å². The van der Waals surface area contributed by atoms with Gasteiger partial charge in [0, 0.05) is 13.0 Å². The van der Waals surface area contributed by atoms with E-state index in [1.165, 1.54) is 0 Å². The number of amides is 1. The maximum Gasteiger partial charge on any atom is 0.264 e. The molecule has 0 bridgehead atoms. The Bertz CT molecular complexity index is 382. The van der Waals surface area contributed by atoms with Crippen LogP contribution in [0.1, 0.15) is 41.6 Å². The zero-order chi connectivity index (χ0) is 11.8. The van der Waals surface area contributed by atoms with Crippen molar-refractivity contribution in [1.29, 1.82) is 5.26 Å². The Kier molecular flexibility index (Phi) is 5.43. The summed E-state index contributed by atoms with van der Waals surface area (Å²) < 4.78 is 3.78. The summed E-state index contributed by atoms with van der Waals surface area (Å²) in [6, 6.07) is 2.03. The maximum atomic E-state index is 11.7. The molecule has 0 radical (unpaired) electrons. The van der Waals surface area contributed by atoms with Crippen LogP contribution < -0.4 is 5.32 Å². The van der Waals surface area contributed by atoms with E-state index in [0.717, 1.165) is 30.1 Å². The third-order valence-corrected chi connectivity index (χ3v) is 2.77. The van der Waals surface area contributed by atoms with Gasteiger partial charge in [0.25, 0.3) is 5.91 Å². The zero-order valence-electron chi connectivity index (χ0n) is 9.19. The number of nitrogens with one attached hydrogen (secondary N) is 1. The Hall–Kier alpha value is -1.48. The third kappa shape index (κ3) is 3.59. The number of carbonyl (C=O) groups excluding carboxylic acids is 1. The Morgan fingerprint density at radius 3 is 3.12 bits per heavy atom. The summed E-state index contributed by atoms with van der Waals surface area (Å²) >= 11 is 1.12. The largest absolute Gasteiger partial charge is 0.351 e. The molecular formula is C10H14N4OS. The number of carbonyl (C=O) groups is 1. The van der Waals surface area contributed by atoms with Gasteiger partial charge in [-0.2, -0.15) is 5.26 Å². The minimum atomic E-state index is -0.128. The van der Waals surface area contributed by atoms with Crippen molar-refractivity contribution in [3.8, 4) is 6.07 Å². The summed E-state index contributed by atoms with van der Waals surface area (Å²) in [5.41, 5.74) is 0.769. The molecule has 1 rings (SSSR count). The Labute approximate surface area is 98.6 Å². The molecule has 0 atom stereocenters. The Morgan fingerprint density at radius 2 is 2.44 bits per heavy atom. The van der Waals surface area contributed by atoms with Crippen molar-refractivity contribution < 1.29 is 4.79 Å². The van der Waals surface area contributed by atoms with Gasteiger partial charge in [0.1, 0.15) is 4.88 Å². The molecule has 86 valence electrons. The highest BCUT2D eigenvalue weighted by Crippen LogP contribution is 2.12. The van der Waals surface area contributed by atoms with Gasteiger partial charge in [0.15, 0.2) is 0 Å². The highest BCUT2D eigenvalue weighted by Gasteiger charge is 2.14. The van der Waals surface area contributed by atoms with E-state index in [4.69, 9.17) is 5.26 Å². The molecule has 0 saturated heterocycles. The van der Waals surface area contributed by atoms with Gasteiger partial charge in [0.2, 0.25) is 0 Å². The molecule has 0 saturated carbocycles. The first-order valence-electron chi connectivity index (χ1n) is 5.26. The zero-order valence-corrected chi connectivity index (χ0v) is 10.0. The van der Waals surface area contributed by atoms with Crippen LogP contribution in [0.3, 0.4) is 0 Å². The molecule has 0 aliphatic rings. The van der Waals surface area contributed by atoms with Gasteiger partial charge >= 0.3 is 0 Å². The average Bonchev–Trinajstić information content (AvgIpc) is 2.73. The van der Waals surface area contributed by atoms with Gasteiger partial charge in [0.05, 0.1) is 11.8 Å². The average molecular weight is 238 g/mol. The number of aryl methyl sites for hydroxylation is 1. The number of nitrogens with zero attached hydrogens (tertiary/aromatic N) is 3. The molecule has 0 fully saturated rings. The van der Waals surface area contributed by atoms with Crippen LogP contribution in [0.15, 0.2) is 0 Å². The fraction of sp³-hybridized carbons (Fsp3) is 0.600. The first-order valence-corrected chi connectivity index (χ1v) is 6.03. The number of unbranched alkanes of at least 4 members (excludes halogenated alkanes) is 1. The monoisotopic (exact) mass is 238 g/mol. The molecule has 1 N–H and O–H groups in total. The van der Waals surface area contributed by atoms with Crippen molar-refractivity contribution in [3.05, 3.63) is 10.6 Å². The van der Waals surface area contributed by atoms with Crippen molar-refractivity contribution >= 4 is 17.4 Å². The Balaban J connectivity index is 2.46. The van der Waals surface area contributed by atoms with Gasteiger partial charge in [-0.05, 0) is 24.4 Å². The lowest BCUT2D eigenvalue weighted by atomic mass is 10.2. The molecule has 1 aromatic rings. The number of hydrogen-bond acceptors (Lipinski definition) is 5. The molecule has 0 aliphatic heterocycles. The van der Waals surface area contributed by atoms with Crippen LogP contribution in [-0.2, 0) is 6.42 Å². The smallest absolute Gasteiger partial charge is 0.264 e. The Morgan fingerprint density at radius 1 is 1.62 bits per heavy atom. The molecule has 0 aliphatic carbocycles. The fourth-order valence-corrected chi connectivity index (χ4v) is 1.86. The molecule has 1 heterocycles. The lowest BCUT2D eigenvalue weighted by Crippen LogP contribution is -2.24. The summed E-state index contributed by atoms with van der Waals surface area (Å²) in [4.78, 5) is 12.3. The van der Waals surface area contributed by atoms with Crippen LogP contribution >= 0.6 is 11.5 Å². The van der Waals surface area contributed by atoms with Crippen molar-refractivity contribution in [2.75, 3.05) is 6.54 Å². The first-order chi connectivity index (χ1) is 7.79. The minimum absolute atomic E-state index is 0.128. The van der Waals surface area contributed by atoms with E-state index in [2.05, 4.69) is 14.9 Å². The van der Waals surface area contributed by atoms with Gasteiger partial charge in [-0.1, -0.05) is 17.8 Å². The topological polar surface area (TPSA) is 78.7 Å². The normalized spacial score (nSPS) is 9.75.